The van der Waals surface area contributed by atoms with Crippen LogP contribution in [0, 0.1) is 0 Å². The van der Waals surface area contributed by atoms with Gasteiger partial charge < -0.3 is 10.2 Å². The lowest BCUT2D eigenvalue weighted by atomic mass is 10.1. The molecule has 2 amide bonds. The van der Waals surface area contributed by atoms with Crippen LogP contribution >= 0.6 is 11.6 Å². The van der Waals surface area contributed by atoms with E-state index >= 15 is 0 Å². The zero-order chi connectivity index (χ0) is 24.8. The van der Waals surface area contributed by atoms with Gasteiger partial charge in [-0.25, -0.2) is 8.42 Å². The summed E-state index contributed by atoms with van der Waals surface area (Å²) in [5.41, 5.74) is 0.681. The molecule has 0 bridgehead atoms. The van der Waals surface area contributed by atoms with E-state index in [0.717, 1.165) is 16.1 Å². The van der Waals surface area contributed by atoms with Gasteiger partial charge in [0.1, 0.15) is 12.6 Å². The summed E-state index contributed by atoms with van der Waals surface area (Å²) in [6.45, 7) is 7.17. The molecule has 0 unspecified atom stereocenters. The molecule has 1 N–H and O–H groups in total. The van der Waals surface area contributed by atoms with E-state index in [4.69, 9.17) is 11.6 Å². The summed E-state index contributed by atoms with van der Waals surface area (Å²) in [5, 5.41) is 3.39. The van der Waals surface area contributed by atoms with Gasteiger partial charge in [-0.05, 0) is 57.0 Å². The normalized spacial score (nSPS) is 12.7. The van der Waals surface area contributed by atoms with E-state index in [1.807, 2.05) is 58.0 Å². The van der Waals surface area contributed by atoms with E-state index in [1.54, 1.807) is 24.3 Å². The van der Waals surface area contributed by atoms with Crippen LogP contribution < -0.4 is 9.62 Å². The minimum Gasteiger partial charge on any atom is -0.350 e. The molecule has 180 valence electrons. The van der Waals surface area contributed by atoms with Gasteiger partial charge in [-0.15, -0.1) is 0 Å². The first-order chi connectivity index (χ1) is 15.3. The van der Waals surface area contributed by atoms with Crippen LogP contribution in [0.4, 0.5) is 5.69 Å². The first kappa shape index (κ1) is 26.7. The Balaban J connectivity index is 2.42. The third kappa shape index (κ3) is 8.05. The highest BCUT2D eigenvalue weighted by molar-refractivity contribution is 7.92. The Morgan fingerprint density at radius 2 is 1.61 bits per heavy atom. The average Bonchev–Trinajstić information content (AvgIpc) is 2.71. The fourth-order valence-corrected chi connectivity index (χ4v) is 4.35. The Bertz CT molecular complexity index is 1050. The van der Waals surface area contributed by atoms with Crippen LogP contribution in [-0.4, -0.2) is 49.5 Å². The maximum atomic E-state index is 13.5. The summed E-state index contributed by atoms with van der Waals surface area (Å²) >= 11 is 5.94. The summed E-state index contributed by atoms with van der Waals surface area (Å²) in [5.74, 6) is -0.762. The zero-order valence-electron chi connectivity index (χ0n) is 19.7. The van der Waals surface area contributed by atoms with Gasteiger partial charge in [-0.3, -0.25) is 13.9 Å². The predicted molar refractivity (Wildman–Crippen MR) is 133 cm³/mol. The molecule has 0 aromatic heterocycles. The first-order valence-electron chi connectivity index (χ1n) is 10.7. The Morgan fingerprint density at radius 3 is 2.09 bits per heavy atom. The van der Waals surface area contributed by atoms with E-state index in [2.05, 4.69) is 5.32 Å². The summed E-state index contributed by atoms with van der Waals surface area (Å²) in [4.78, 5) is 28.0. The first-order valence-corrected chi connectivity index (χ1v) is 12.9. The summed E-state index contributed by atoms with van der Waals surface area (Å²) < 4.78 is 26.1. The molecular weight excluding hydrogens is 462 g/mol. The van der Waals surface area contributed by atoms with Crippen molar-refractivity contribution < 1.29 is 18.0 Å². The molecule has 0 radical (unpaired) electrons. The summed E-state index contributed by atoms with van der Waals surface area (Å²) in [6.07, 6.45) is 1.42. The molecule has 33 heavy (non-hydrogen) atoms. The molecule has 0 saturated carbocycles. The van der Waals surface area contributed by atoms with Crippen molar-refractivity contribution in [1.82, 2.24) is 10.2 Å². The van der Waals surface area contributed by atoms with E-state index in [0.29, 0.717) is 17.1 Å². The summed E-state index contributed by atoms with van der Waals surface area (Å²) in [6, 6.07) is 14.7. The zero-order valence-corrected chi connectivity index (χ0v) is 21.3. The molecule has 7 nitrogen and oxygen atoms in total. The van der Waals surface area contributed by atoms with Crippen molar-refractivity contribution in [2.24, 2.45) is 0 Å². The number of sulfonamides is 1. The molecule has 9 heteroatoms. The Morgan fingerprint density at radius 1 is 1.03 bits per heavy atom. The van der Waals surface area contributed by atoms with Gasteiger partial charge in [0.2, 0.25) is 21.8 Å². The van der Waals surface area contributed by atoms with Gasteiger partial charge in [-0.2, -0.15) is 0 Å². The molecule has 2 aromatic carbocycles. The number of rotatable bonds is 9. The van der Waals surface area contributed by atoms with Crippen molar-refractivity contribution in [2.45, 2.75) is 52.2 Å². The van der Waals surface area contributed by atoms with Crippen molar-refractivity contribution in [2.75, 3.05) is 17.1 Å². The molecule has 0 spiro atoms. The lowest BCUT2D eigenvalue weighted by Crippen LogP contribution is -2.55. The van der Waals surface area contributed by atoms with E-state index < -0.39 is 34.1 Å². The van der Waals surface area contributed by atoms with Gasteiger partial charge in [0.25, 0.3) is 0 Å². The van der Waals surface area contributed by atoms with Gasteiger partial charge in [0.05, 0.1) is 11.9 Å². The number of nitrogens with zero attached hydrogens (tertiary/aromatic N) is 2. The monoisotopic (exact) mass is 493 g/mol. The van der Waals surface area contributed by atoms with Crippen LogP contribution in [0.15, 0.2) is 54.6 Å². The Labute approximate surface area is 201 Å². The summed E-state index contributed by atoms with van der Waals surface area (Å²) in [7, 11) is -3.77. The maximum Gasteiger partial charge on any atom is 0.244 e. The number of hydrogen-bond acceptors (Lipinski definition) is 4. The second-order valence-electron chi connectivity index (χ2n) is 8.92. The SMILES string of the molecule is CC[C@@H](C(=O)NC(C)(C)C)N(Cc1ccccc1)C(=O)CN(c1ccc(Cl)cc1)S(C)(=O)=O. The van der Waals surface area contributed by atoms with Crippen molar-refractivity contribution >= 4 is 39.1 Å². The fourth-order valence-electron chi connectivity index (χ4n) is 3.37. The second-order valence-corrected chi connectivity index (χ2v) is 11.3. The Hall–Kier alpha value is -2.58. The molecule has 0 aliphatic rings. The lowest BCUT2D eigenvalue weighted by molar-refractivity contribution is -0.141. The molecule has 0 aliphatic heterocycles. The van der Waals surface area contributed by atoms with Gasteiger partial charge in [-0.1, -0.05) is 48.9 Å². The standard InChI is InChI=1S/C24H32ClN3O4S/c1-6-21(23(30)26-24(2,3)4)27(16-18-10-8-7-9-11-18)22(29)17-28(33(5,31)32)20-14-12-19(25)13-15-20/h7-15,21H,6,16-17H2,1-5H3,(H,26,30)/t21-/m0/s1. The predicted octanol–water partition coefficient (Wildman–Crippen LogP) is 3.83. The highest BCUT2D eigenvalue weighted by Crippen LogP contribution is 2.22. The van der Waals surface area contributed by atoms with Crippen LogP contribution in [0.5, 0.6) is 0 Å². The van der Waals surface area contributed by atoms with Crippen molar-refractivity contribution in [3.63, 3.8) is 0 Å². The van der Waals surface area contributed by atoms with E-state index in [-0.39, 0.29) is 12.5 Å². The molecule has 1 atom stereocenters. The highest BCUT2D eigenvalue weighted by Gasteiger charge is 2.33. The quantitative estimate of drug-likeness (QED) is 0.575. The second kappa shape index (κ2) is 11.0. The van der Waals surface area contributed by atoms with Crippen LogP contribution in [0.3, 0.4) is 0 Å². The number of anilines is 1. The number of carbonyl (C=O) groups is 2. The fraction of sp³-hybridized carbons (Fsp3) is 0.417. The third-order valence-corrected chi connectivity index (χ3v) is 6.27. The minimum absolute atomic E-state index is 0.175. The average molecular weight is 494 g/mol. The van der Waals surface area contributed by atoms with Gasteiger partial charge in [0.15, 0.2) is 0 Å². The highest BCUT2D eigenvalue weighted by atomic mass is 35.5. The topological polar surface area (TPSA) is 86.8 Å². The van der Waals surface area contributed by atoms with Crippen LogP contribution in [-0.2, 0) is 26.2 Å². The number of carbonyl (C=O) groups excluding carboxylic acids is 2. The number of amides is 2. The van der Waals surface area contributed by atoms with Crippen molar-refractivity contribution in [1.29, 1.82) is 0 Å². The van der Waals surface area contributed by atoms with Gasteiger partial charge >= 0.3 is 0 Å². The molecule has 0 fully saturated rings. The molecule has 0 heterocycles. The molecule has 2 aromatic rings. The molecule has 2 rings (SSSR count). The van der Waals surface area contributed by atoms with E-state index in [1.165, 1.54) is 4.90 Å². The smallest absolute Gasteiger partial charge is 0.244 e. The molecule has 0 aliphatic carbocycles. The minimum atomic E-state index is -3.77. The number of nitrogens with one attached hydrogen (secondary N) is 1. The lowest BCUT2D eigenvalue weighted by Gasteiger charge is -2.34. The van der Waals surface area contributed by atoms with Crippen LogP contribution in [0.25, 0.3) is 0 Å². The van der Waals surface area contributed by atoms with Crippen molar-refractivity contribution in [3.8, 4) is 0 Å². The van der Waals surface area contributed by atoms with Crippen LogP contribution in [0.1, 0.15) is 39.7 Å². The third-order valence-electron chi connectivity index (χ3n) is 4.87. The Kier molecular flexibility index (Phi) is 8.91. The number of benzene rings is 2. The maximum absolute atomic E-state index is 13.5. The van der Waals surface area contributed by atoms with Crippen molar-refractivity contribution in [3.05, 3.63) is 65.2 Å². The van der Waals surface area contributed by atoms with Crippen LogP contribution in [0.2, 0.25) is 5.02 Å². The van der Waals surface area contributed by atoms with E-state index in [9.17, 15) is 18.0 Å². The molecule has 0 saturated heterocycles. The number of hydrogen-bond donors (Lipinski definition) is 1. The number of halogens is 1. The van der Waals surface area contributed by atoms with Gasteiger partial charge in [0, 0.05) is 17.1 Å². The largest absolute Gasteiger partial charge is 0.350 e. The molecular formula is C24H32ClN3O4S.